The summed E-state index contributed by atoms with van der Waals surface area (Å²) < 4.78 is 1.63. The van der Waals surface area contributed by atoms with Crippen molar-refractivity contribution in [3.8, 4) is 11.1 Å². The van der Waals surface area contributed by atoms with Crippen LogP contribution in [0.2, 0.25) is 5.15 Å². The van der Waals surface area contributed by atoms with Gasteiger partial charge in [-0.05, 0) is 23.8 Å². The highest BCUT2D eigenvalue weighted by molar-refractivity contribution is 6.29. The molecule has 8 heteroatoms. The van der Waals surface area contributed by atoms with Gasteiger partial charge in [-0.3, -0.25) is 5.32 Å². The normalized spacial score (nSPS) is 10.7. The van der Waals surface area contributed by atoms with E-state index in [9.17, 15) is 4.79 Å². The molecule has 106 valence electrons. The maximum atomic E-state index is 10.9. The van der Waals surface area contributed by atoms with Gasteiger partial charge in [0.2, 0.25) is 0 Å². The average molecular weight is 304 g/mol. The monoisotopic (exact) mass is 303 g/mol. The molecule has 3 aromatic heterocycles. The summed E-state index contributed by atoms with van der Waals surface area (Å²) in [5.74, 6) is 0.406. The molecule has 0 spiro atoms. The first-order valence-electron chi connectivity index (χ1n) is 5.94. The number of nitrogen functional groups attached to an aromatic ring is 1. The number of aromatic nitrogens is 3. The molecule has 0 atom stereocenters. The van der Waals surface area contributed by atoms with E-state index in [0.29, 0.717) is 17.1 Å². The minimum Gasteiger partial charge on any atom is -0.465 e. The first kappa shape index (κ1) is 13.2. The number of rotatable bonds is 2. The van der Waals surface area contributed by atoms with Crippen LogP contribution in [0.1, 0.15) is 0 Å². The van der Waals surface area contributed by atoms with Crippen LogP contribution in [0.5, 0.6) is 0 Å². The Bertz CT molecular complexity index is 846. The van der Waals surface area contributed by atoms with Crippen LogP contribution in [-0.4, -0.2) is 25.8 Å². The maximum absolute atomic E-state index is 10.9. The summed E-state index contributed by atoms with van der Waals surface area (Å²) in [4.78, 5) is 14.7. The Morgan fingerprint density at radius 1 is 1.38 bits per heavy atom. The fourth-order valence-corrected chi connectivity index (χ4v) is 2.22. The van der Waals surface area contributed by atoms with E-state index in [1.54, 1.807) is 28.9 Å². The third-order valence-electron chi connectivity index (χ3n) is 2.91. The zero-order chi connectivity index (χ0) is 15.0. The molecule has 0 fully saturated rings. The predicted octanol–water partition coefficient (Wildman–Crippen LogP) is 2.72. The molecule has 3 heterocycles. The Morgan fingerprint density at radius 3 is 2.95 bits per heavy atom. The standard InChI is InChI=1S/C13H10ClN5O2/c14-11-5-9(10(6-16-11)17-13(20)21)7-1-2-19-8(3-7)4-12(15)18-19/h1-6,17H,(H2,15,18)(H,20,21). The number of carboxylic acid groups (broad SMARTS) is 1. The third kappa shape index (κ3) is 2.59. The number of amides is 1. The van der Waals surface area contributed by atoms with Crippen molar-refractivity contribution in [3.05, 3.63) is 41.8 Å². The van der Waals surface area contributed by atoms with Crippen molar-refractivity contribution < 1.29 is 9.90 Å². The summed E-state index contributed by atoms with van der Waals surface area (Å²) in [6, 6.07) is 6.94. The van der Waals surface area contributed by atoms with E-state index >= 15 is 0 Å². The molecular formula is C13H10ClN5O2. The van der Waals surface area contributed by atoms with Gasteiger partial charge < -0.3 is 10.8 Å². The number of nitrogens with two attached hydrogens (primary N) is 1. The smallest absolute Gasteiger partial charge is 0.409 e. The largest absolute Gasteiger partial charge is 0.465 e. The van der Waals surface area contributed by atoms with E-state index in [0.717, 1.165) is 11.1 Å². The van der Waals surface area contributed by atoms with Gasteiger partial charge in [-0.2, -0.15) is 5.10 Å². The second-order valence-electron chi connectivity index (χ2n) is 4.34. The molecule has 0 bridgehead atoms. The molecule has 3 rings (SSSR count). The molecule has 0 aliphatic carbocycles. The number of halogens is 1. The maximum Gasteiger partial charge on any atom is 0.409 e. The molecule has 0 saturated heterocycles. The van der Waals surface area contributed by atoms with Crippen LogP contribution >= 0.6 is 11.6 Å². The molecule has 7 nitrogen and oxygen atoms in total. The van der Waals surface area contributed by atoms with Crippen LogP contribution in [0.4, 0.5) is 16.3 Å². The number of nitrogens with zero attached hydrogens (tertiary/aromatic N) is 3. The highest BCUT2D eigenvalue weighted by Crippen LogP contribution is 2.30. The molecule has 0 unspecified atom stereocenters. The second kappa shape index (κ2) is 4.95. The predicted molar refractivity (Wildman–Crippen MR) is 79.5 cm³/mol. The summed E-state index contributed by atoms with van der Waals surface area (Å²) in [6.07, 6.45) is 1.94. The van der Waals surface area contributed by atoms with E-state index in [1.807, 2.05) is 6.07 Å². The van der Waals surface area contributed by atoms with Crippen LogP contribution < -0.4 is 11.1 Å². The quantitative estimate of drug-likeness (QED) is 0.631. The Balaban J connectivity index is 2.15. The SMILES string of the molecule is Nc1cc2cc(-c3cc(Cl)ncc3NC(=O)O)ccn2n1. The molecule has 1 amide bonds. The summed E-state index contributed by atoms with van der Waals surface area (Å²) >= 11 is 5.90. The number of carbonyl (C=O) groups is 1. The summed E-state index contributed by atoms with van der Waals surface area (Å²) in [5, 5.41) is 15.5. The summed E-state index contributed by atoms with van der Waals surface area (Å²) in [7, 11) is 0. The van der Waals surface area contributed by atoms with Gasteiger partial charge in [-0.15, -0.1) is 0 Å². The van der Waals surface area contributed by atoms with Crippen molar-refractivity contribution in [3.63, 3.8) is 0 Å². The van der Waals surface area contributed by atoms with Crippen molar-refractivity contribution in [2.45, 2.75) is 0 Å². The van der Waals surface area contributed by atoms with Crippen LogP contribution in [-0.2, 0) is 0 Å². The Hall–Kier alpha value is -2.80. The lowest BCUT2D eigenvalue weighted by atomic mass is 10.1. The van der Waals surface area contributed by atoms with Crippen LogP contribution in [0.25, 0.3) is 16.6 Å². The van der Waals surface area contributed by atoms with Crippen molar-refractivity contribution in [1.82, 2.24) is 14.6 Å². The van der Waals surface area contributed by atoms with E-state index < -0.39 is 6.09 Å². The topological polar surface area (TPSA) is 106 Å². The minimum atomic E-state index is -1.17. The number of hydrogen-bond acceptors (Lipinski definition) is 4. The molecular weight excluding hydrogens is 294 g/mol. The second-order valence-corrected chi connectivity index (χ2v) is 4.72. The fourth-order valence-electron chi connectivity index (χ4n) is 2.07. The molecule has 4 N–H and O–H groups in total. The van der Waals surface area contributed by atoms with Crippen molar-refractivity contribution in [2.75, 3.05) is 11.1 Å². The molecule has 21 heavy (non-hydrogen) atoms. The van der Waals surface area contributed by atoms with Gasteiger partial charge in [0.15, 0.2) is 0 Å². The Kier molecular flexibility index (Phi) is 3.11. The van der Waals surface area contributed by atoms with Gasteiger partial charge in [0.1, 0.15) is 11.0 Å². The van der Waals surface area contributed by atoms with E-state index in [2.05, 4.69) is 15.4 Å². The number of pyridine rings is 2. The van der Waals surface area contributed by atoms with Gasteiger partial charge in [-0.25, -0.2) is 14.3 Å². The highest BCUT2D eigenvalue weighted by atomic mass is 35.5. The Labute approximate surface area is 124 Å². The van der Waals surface area contributed by atoms with Crippen molar-refractivity contribution in [2.24, 2.45) is 0 Å². The fraction of sp³-hybridized carbons (Fsp3) is 0. The van der Waals surface area contributed by atoms with Gasteiger partial charge in [0.25, 0.3) is 0 Å². The minimum absolute atomic E-state index is 0.272. The summed E-state index contributed by atoms with van der Waals surface area (Å²) in [6.45, 7) is 0. The van der Waals surface area contributed by atoms with Crippen LogP contribution in [0.15, 0.2) is 36.7 Å². The zero-order valence-electron chi connectivity index (χ0n) is 10.6. The molecule has 0 saturated carbocycles. The zero-order valence-corrected chi connectivity index (χ0v) is 11.4. The molecule has 0 aliphatic heterocycles. The lowest BCUT2D eigenvalue weighted by Crippen LogP contribution is -2.08. The van der Waals surface area contributed by atoms with Crippen molar-refractivity contribution >= 4 is 34.7 Å². The lowest BCUT2D eigenvalue weighted by Gasteiger charge is -2.09. The lowest BCUT2D eigenvalue weighted by molar-refractivity contribution is 0.210. The Morgan fingerprint density at radius 2 is 2.19 bits per heavy atom. The number of nitrogens with one attached hydrogen (secondary N) is 1. The summed E-state index contributed by atoms with van der Waals surface area (Å²) in [5.41, 5.74) is 8.19. The first-order chi connectivity index (χ1) is 10.0. The van der Waals surface area contributed by atoms with Gasteiger partial charge in [0, 0.05) is 17.8 Å². The number of hydrogen-bond donors (Lipinski definition) is 3. The highest BCUT2D eigenvalue weighted by Gasteiger charge is 2.11. The molecule has 0 aromatic carbocycles. The van der Waals surface area contributed by atoms with E-state index in [4.69, 9.17) is 22.4 Å². The first-order valence-corrected chi connectivity index (χ1v) is 6.31. The van der Waals surface area contributed by atoms with Gasteiger partial charge in [-0.1, -0.05) is 11.6 Å². The van der Waals surface area contributed by atoms with Gasteiger partial charge >= 0.3 is 6.09 Å². The number of fused-ring (bicyclic) bond motifs is 1. The van der Waals surface area contributed by atoms with Crippen molar-refractivity contribution in [1.29, 1.82) is 0 Å². The third-order valence-corrected chi connectivity index (χ3v) is 3.11. The molecule has 3 aromatic rings. The van der Waals surface area contributed by atoms with E-state index in [-0.39, 0.29) is 5.15 Å². The van der Waals surface area contributed by atoms with Crippen LogP contribution in [0, 0.1) is 0 Å². The van der Waals surface area contributed by atoms with E-state index in [1.165, 1.54) is 6.20 Å². The molecule has 0 aliphatic rings. The van der Waals surface area contributed by atoms with Crippen LogP contribution in [0.3, 0.4) is 0 Å². The molecule has 0 radical (unpaired) electrons. The average Bonchev–Trinajstić information content (AvgIpc) is 2.79. The number of anilines is 2. The van der Waals surface area contributed by atoms with Gasteiger partial charge in [0.05, 0.1) is 17.4 Å².